The fraction of sp³-hybridized carbons (Fsp3) is 0.133. The van der Waals surface area contributed by atoms with Crippen molar-refractivity contribution in [1.82, 2.24) is 0 Å². The fourth-order valence-electron chi connectivity index (χ4n) is 2.21. The predicted molar refractivity (Wildman–Crippen MR) is 82.8 cm³/mol. The molecule has 0 saturated heterocycles. The molecular weight excluding hydrogens is 295 g/mol. The number of rotatable bonds is 2. The Morgan fingerprint density at radius 2 is 1.75 bits per heavy atom. The lowest BCUT2D eigenvalue weighted by molar-refractivity contribution is 0.202. The van der Waals surface area contributed by atoms with E-state index in [1.165, 1.54) is 0 Å². The third-order valence-corrected chi connectivity index (χ3v) is 3.71. The summed E-state index contributed by atoms with van der Waals surface area (Å²) < 4.78 is 0. The summed E-state index contributed by atoms with van der Waals surface area (Å²) >= 11 is 12.1. The zero-order valence-corrected chi connectivity index (χ0v) is 12.0. The molecule has 1 unspecified atom stereocenters. The van der Waals surface area contributed by atoms with Gasteiger partial charge < -0.3 is 10.0 Å². The van der Waals surface area contributed by atoms with Gasteiger partial charge >= 0.3 is 0 Å². The third-order valence-electron chi connectivity index (χ3n) is 3.13. The van der Waals surface area contributed by atoms with Crippen LogP contribution in [0.25, 0.3) is 0 Å². The Bertz CT molecular complexity index is 655. The highest BCUT2D eigenvalue weighted by Crippen LogP contribution is 2.27. The van der Waals surface area contributed by atoms with Crippen molar-refractivity contribution >= 4 is 34.7 Å². The SMILES string of the molecule is OC1CN(c2ccc(Cl)cc2)C(c2ccccc2Cl)=N1. The van der Waals surface area contributed by atoms with Gasteiger partial charge in [-0.2, -0.15) is 0 Å². The number of benzene rings is 2. The topological polar surface area (TPSA) is 35.8 Å². The molecule has 0 fully saturated rings. The number of halogens is 2. The van der Waals surface area contributed by atoms with Crippen LogP contribution in [0.4, 0.5) is 5.69 Å². The molecule has 0 bridgehead atoms. The average molecular weight is 307 g/mol. The molecule has 0 spiro atoms. The van der Waals surface area contributed by atoms with Gasteiger partial charge in [0, 0.05) is 16.3 Å². The highest BCUT2D eigenvalue weighted by molar-refractivity contribution is 6.35. The smallest absolute Gasteiger partial charge is 0.165 e. The Morgan fingerprint density at radius 1 is 1.05 bits per heavy atom. The second-order valence-corrected chi connectivity index (χ2v) is 5.34. The molecular formula is C15H12Cl2N2O. The summed E-state index contributed by atoms with van der Waals surface area (Å²) in [6.45, 7) is 0.405. The number of amidine groups is 1. The first-order chi connectivity index (χ1) is 9.65. The van der Waals surface area contributed by atoms with Crippen LogP contribution >= 0.6 is 23.2 Å². The summed E-state index contributed by atoms with van der Waals surface area (Å²) in [5, 5.41) is 11.1. The largest absolute Gasteiger partial charge is 0.370 e. The number of β-amino-alcohol motifs (C(OH)–C–C–N with tert-alkyl or cyclic N) is 1. The molecule has 1 heterocycles. The molecule has 1 aliphatic rings. The van der Waals surface area contributed by atoms with E-state index in [2.05, 4.69) is 4.99 Å². The van der Waals surface area contributed by atoms with Crippen molar-refractivity contribution in [3.63, 3.8) is 0 Å². The standard InChI is InChI=1S/C15H12Cl2N2O/c16-10-5-7-11(8-6-10)19-9-14(20)18-15(19)12-3-1-2-4-13(12)17/h1-8,14,20H,9H2. The molecule has 2 aromatic rings. The van der Waals surface area contributed by atoms with Crippen molar-refractivity contribution in [1.29, 1.82) is 0 Å². The Hall–Kier alpha value is -1.55. The molecule has 3 rings (SSSR count). The van der Waals surface area contributed by atoms with Crippen LogP contribution in [0.2, 0.25) is 10.0 Å². The van der Waals surface area contributed by atoms with Gasteiger partial charge in [-0.05, 0) is 36.4 Å². The lowest BCUT2D eigenvalue weighted by atomic mass is 10.2. The molecule has 3 nitrogen and oxygen atoms in total. The zero-order valence-electron chi connectivity index (χ0n) is 10.5. The predicted octanol–water partition coefficient (Wildman–Crippen LogP) is 3.58. The maximum Gasteiger partial charge on any atom is 0.165 e. The van der Waals surface area contributed by atoms with Gasteiger partial charge in [-0.25, -0.2) is 4.99 Å². The Balaban J connectivity index is 2.02. The molecule has 0 saturated carbocycles. The maximum absolute atomic E-state index is 9.84. The molecule has 102 valence electrons. The van der Waals surface area contributed by atoms with Crippen LogP contribution in [-0.2, 0) is 0 Å². The Labute approximate surface area is 127 Å². The molecule has 0 radical (unpaired) electrons. The van der Waals surface area contributed by atoms with Crippen molar-refractivity contribution in [2.75, 3.05) is 11.4 Å². The first-order valence-electron chi connectivity index (χ1n) is 6.19. The van der Waals surface area contributed by atoms with Gasteiger partial charge in [0.05, 0.1) is 11.6 Å². The number of anilines is 1. The van der Waals surface area contributed by atoms with Gasteiger partial charge in [0.2, 0.25) is 0 Å². The van der Waals surface area contributed by atoms with Gasteiger partial charge in [-0.15, -0.1) is 0 Å². The lowest BCUT2D eigenvalue weighted by Gasteiger charge is -2.21. The van der Waals surface area contributed by atoms with Crippen LogP contribution in [-0.4, -0.2) is 23.7 Å². The molecule has 0 aromatic heterocycles. The van der Waals surface area contributed by atoms with E-state index in [4.69, 9.17) is 23.2 Å². The van der Waals surface area contributed by atoms with Gasteiger partial charge in [0.25, 0.3) is 0 Å². The number of hydrogen-bond acceptors (Lipinski definition) is 3. The van der Waals surface area contributed by atoms with Crippen molar-refractivity contribution in [3.05, 3.63) is 64.1 Å². The van der Waals surface area contributed by atoms with E-state index in [1.807, 2.05) is 53.4 Å². The van der Waals surface area contributed by atoms with Crippen LogP contribution in [0.15, 0.2) is 53.5 Å². The number of hydrogen-bond donors (Lipinski definition) is 1. The second-order valence-electron chi connectivity index (χ2n) is 4.50. The minimum absolute atomic E-state index is 0.405. The van der Waals surface area contributed by atoms with E-state index in [9.17, 15) is 5.11 Å². The number of aliphatic hydroxyl groups is 1. The average Bonchev–Trinajstić information content (AvgIpc) is 2.82. The molecule has 20 heavy (non-hydrogen) atoms. The summed E-state index contributed by atoms with van der Waals surface area (Å²) in [4.78, 5) is 6.21. The van der Waals surface area contributed by atoms with E-state index in [0.29, 0.717) is 22.4 Å². The van der Waals surface area contributed by atoms with Crippen LogP contribution in [0.5, 0.6) is 0 Å². The van der Waals surface area contributed by atoms with Crippen LogP contribution in [0.3, 0.4) is 0 Å². The Kier molecular flexibility index (Phi) is 3.66. The van der Waals surface area contributed by atoms with Gasteiger partial charge in [-0.3, -0.25) is 0 Å². The molecule has 1 atom stereocenters. The van der Waals surface area contributed by atoms with Crippen LogP contribution in [0.1, 0.15) is 5.56 Å². The van der Waals surface area contributed by atoms with E-state index in [0.717, 1.165) is 11.3 Å². The van der Waals surface area contributed by atoms with Crippen LogP contribution < -0.4 is 4.90 Å². The van der Waals surface area contributed by atoms with Crippen LogP contribution in [0, 0.1) is 0 Å². The molecule has 1 N–H and O–H groups in total. The third kappa shape index (κ3) is 2.52. The summed E-state index contributed by atoms with van der Waals surface area (Å²) in [6.07, 6.45) is -0.753. The van der Waals surface area contributed by atoms with E-state index >= 15 is 0 Å². The Morgan fingerprint density at radius 3 is 2.45 bits per heavy atom. The van der Waals surface area contributed by atoms with Crippen molar-refractivity contribution in [3.8, 4) is 0 Å². The molecule has 5 heteroatoms. The van der Waals surface area contributed by atoms with E-state index < -0.39 is 6.23 Å². The molecule has 0 amide bonds. The summed E-state index contributed by atoms with van der Waals surface area (Å²) in [5.74, 6) is 0.672. The first kappa shape index (κ1) is 13.4. The van der Waals surface area contributed by atoms with Gasteiger partial charge in [-0.1, -0.05) is 35.3 Å². The molecule has 0 aliphatic carbocycles. The van der Waals surface area contributed by atoms with Crippen molar-refractivity contribution in [2.24, 2.45) is 4.99 Å². The normalized spacial score (nSPS) is 18.2. The summed E-state index contributed by atoms with van der Waals surface area (Å²) in [7, 11) is 0. The van der Waals surface area contributed by atoms with Crippen molar-refractivity contribution in [2.45, 2.75) is 6.23 Å². The number of nitrogens with zero attached hydrogens (tertiary/aromatic N) is 2. The summed E-state index contributed by atoms with van der Waals surface area (Å²) in [6, 6.07) is 14.9. The zero-order chi connectivity index (χ0) is 14.1. The minimum atomic E-state index is -0.753. The highest BCUT2D eigenvalue weighted by Gasteiger charge is 2.27. The van der Waals surface area contributed by atoms with Crippen molar-refractivity contribution < 1.29 is 5.11 Å². The first-order valence-corrected chi connectivity index (χ1v) is 6.94. The molecule has 1 aliphatic heterocycles. The number of aliphatic imine (C=N–C) groups is 1. The molecule has 2 aromatic carbocycles. The van der Waals surface area contributed by atoms with E-state index in [-0.39, 0.29) is 0 Å². The maximum atomic E-state index is 9.84. The quantitative estimate of drug-likeness (QED) is 0.920. The van der Waals surface area contributed by atoms with Gasteiger partial charge in [0.1, 0.15) is 5.84 Å². The minimum Gasteiger partial charge on any atom is -0.370 e. The summed E-state index contributed by atoms with van der Waals surface area (Å²) in [5.41, 5.74) is 1.73. The van der Waals surface area contributed by atoms with Gasteiger partial charge in [0.15, 0.2) is 6.23 Å². The fourth-order valence-corrected chi connectivity index (χ4v) is 2.55. The van der Waals surface area contributed by atoms with E-state index in [1.54, 1.807) is 0 Å². The second kappa shape index (κ2) is 5.44. The number of aliphatic hydroxyl groups excluding tert-OH is 1. The monoisotopic (exact) mass is 306 g/mol. The lowest BCUT2D eigenvalue weighted by Crippen LogP contribution is -2.29. The highest BCUT2D eigenvalue weighted by atomic mass is 35.5.